The summed E-state index contributed by atoms with van der Waals surface area (Å²) in [4.78, 5) is 10.6. The molecule has 1 unspecified atom stereocenters. The lowest BCUT2D eigenvalue weighted by Crippen LogP contribution is -2.21. The third-order valence-corrected chi connectivity index (χ3v) is 2.66. The lowest BCUT2D eigenvalue weighted by atomic mass is 10.0. The third-order valence-electron chi connectivity index (χ3n) is 2.66. The van der Waals surface area contributed by atoms with Gasteiger partial charge in [-0.25, -0.2) is 0 Å². The van der Waals surface area contributed by atoms with Crippen molar-refractivity contribution in [2.45, 2.75) is 38.6 Å². The van der Waals surface area contributed by atoms with Gasteiger partial charge in [0.25, 0.3) is 0 Å². The number of aryl methyl sites for hydroxylation is 2. The molecule has 1 aliphatic rings. The Morgan fingerprint density at radius 3 is 3.29 bits per heavy atom. The molecule has 2 rings (SSSR count). The maximum absolute atomic E-state index is 10.6. The highest BCUT2D eigenvalue weighted by Gasteiger charge is 2.22. The Hall–Kier alpha value is -1.32. The Morgan fingerprint density at radius 1 is 1.79 bits per heavy atom. The zero-order valence-corrected chi connectivity index (χ0v) is 8.23. The number of hydrogen-bond acceptors (Lipinski definition) is 2. The Bertz CT molecular complexity index is 357. The van der Waals surface area contributed by atoms with Gasteiger partial charge in [0.05, 0.1) is 18.2 Å². The van der Waals surface area contributed by atoms with E-state index < -0.39 is 5.97 Å². The van der Waals surface area contributed by atoms with Gasteiger partial charge in [-0.3, -0.25) is 9.48 Å². The average molecular weight is 194 g/mol. The normalized spacial score (nSPS) is 20.5. The van der Waals surface area contributed by atoms with Crippen molar-refractivity contribution in [3.05, 3.63) is 17.5 Å². The molecule has 0 saturated heterocycles. The summed E-state index contributed by atoms with van der Waals surface area (Å²) in [5.41, 5.74) is 2.16. The van der Waals surface area contributed by atoms with Gasteiger partial charge in [0, 0.05) is 5.69 Å². The first-order valence-corrected chi connectivity index (χ1v) is 4.93. The van der Waals surface area contributed by atoms with Crippen LogP contribution in [0.3, 0.4) is 0 Å². The van der Waals surface area contributed by atoms with Crippen LogP contribution in [0, 0.1) is 6.92 Å². The van der Waals surface area contributed by atoms with Crippen molar-refractivity contribution in [2.24, 2.45) is 0 Å². The molecule has 1 aliphatic heterocycles. The first kappa shape index (κ1) is 9.24. The molecule has 14 heavy (non-hydrogen) atoms. The number of aliphatic carboxylic acids is 1. The fourth-order valence-corrected chi connectivity index (χ4v) is 2.10. The molecule has 0 amide bonds. The molecule has 0 saturated carbocycles. The van der Waals surface area contributed by atoms with Crippen molar-refractivity contribution >= 4 is 5.97 Å². The number of aromatic nitrogens is 2. The van der Waals surface area contributed by atoms with Crippen molar-refractivity contribution in [1.82, 2.24) is 9.78 Å². The van der Waals surface area contributed by atoms with E-state index in [1.54, 1.807) is 0 Å². The quantitative estimate of drug-likeness (QED) is 0.777. The molecule has 76 valence electrons. The molecule has 1 aromatic rings. The van der Waals surface area contributed by atoms with Crippen LogP contribution in [-0.2, 0) is 11.2 Å². The van der Waals surface area contributed by atoms with Crippen LogP contribution < -0.4 is 0 Å². The third kappa shape index (κ3) is 1.64. The van der Waals surface area contributed by atoms with Gasteiger partial charge in [-0.15, -0.1) is 0 Å². The summed E-state index contributed by atoms with van der Waals surface area (Å²) in [7, 11) is 0. The molecule has 0 aliphatic carbocycles. The second-order valence-corrected chi connectivity index (χ2v) is 3.87. The predicted octanol–water partition coefficient (Wildman–Crippen LogP) is 1.54. The minimum atomic E-state index is -0.740. The van der Waals surface area contributed by atoms with Crippen LogP contribution in [0.4, 0.5) is 0 Å². The second kappa shape index (κ2) is 3.44. The Kier molecular flexibility index (Phi) is 2.27. The standard InChI is InChI=1S/C10H14N2O2/c1-7-5-8-3-2-4-9(6-10(13)14)12(8)11-7/h5,9H,2-4,6H2,1H3,(H,13,14). The summed E-state index contributed by atoms with van der Waals surface area (Å²) < 4.78 is 1.90. The van der Waals surface area contributed by atoms with E-state index >= 15 is 0 Å². The number of carbonyl (C=O) groups is 1. The minimum Gasteiger partial charge on any atom is -0.481 e. The van der Waals surface area contributed by atoms with Gasteiger partial charge in [-0.05, 0) is 32.3 Å². The van der Waals surface area contributed by atoms with E-state index in [1.165, 1.54) is 5.69 Å². The van der Waals surface area contributed by atoms with Gasteiger partial charge >= 0.3 is 5.97 Å². The van der Waals surface area contributed by atoms with Crippen LogP contribution in [0.25, 0.3) is 0 Å². The van der Waals surface area contributed by atoms with Gasteiger partial charge in [-0.1, -0.05) is 0 Å². The molecule has 0 aromatic carbocycles. The molecule has 4 heteroatoms. The zero-order valence-electron chi connectivity index (χ0n) is 8.23. The van der Waals surface area contributed by atoms with Gasteiger partial charge in [0.1, 0.15) is 0 Å². The summed E-state index contributed by atoms with van der Waals surface area (Å²) in [5.74, 6) is -0.740. The van der Waals surface area contributed by atoms with Crippen molar-refractivity contribution in [2.75, 3.05) is 0 Å². The summed E-state index contributed by atoms with van der Waals surface area (Å²) in [6, 6.07) is 2.11. The van der Waals surface area contributed by atoms with Crippen LogP contribution in [0.2, 0.25) is 0 Å². The van der Waals surface area contributed by atoms with Crippen LogP contribution in [-0.4, -0.2) is 20.9 Å². The van der Waals surface area contributed by atoms with E-state index in [0.717, 1.165) is 25.0 Å². The number of carboxylic acids is 1. The molecule has 4 nitrogen and oxygen atoms in total. The minimum absolute atomic E-state index is 0.0601. The Balaban J connectivity index is 2.25. The first-order valence-electron chi connectivity index (χ1n) is 4.93. The summed E-state index contributed by atoms with van der Waals surface area (Å²) in [6.07, 6.45) is 3.22. The highest BCUT2D eigenvalue weighted by atomic mass is 16.4. The van der Waals surface area contributed by atoms with E-state index in [1.807, 2.05) is 17.7 Å². The molecule has 0 fully saturated rings. The van der Waals surface area contributed by atoms with Crippen LogP contribution in [0.1, 0.15) is 36.7 Å². The lowest BCUT2D eigenvalue weighted by Gasteiger charge is -2.22. The first-order chi connectivity index (χ1) is 6.66. The zero-order chi connectivity index (χ0) is 10.1. The number of hydrogen-bond donors (Lipinski definition) is 1. The van der Waals surface area contributed by atoms with E-state index in [9.17, 15) is 4.79 Å². The Morgan fingerprint density at radius 2 is 2.57 bits per heavy atom. The van der Waals surface area contributed by atoms with Crippen LogP contribution >= 0.6 is 0 Å². The number of nitrogens with zero attached hydrogens (tertiary/aromatic N) is 2. The number of rotatable bonds is 2. The summed E-state index contributed by atoms with van der Waals surface area (Å²) in [6.45, 7) is 1.95. The highest BCUT2D eigenvalue weighted by Crippen LogP contribution is 2.27. The second-order valence-electron chi connectivity index (χ2n) is 3.87. The van der Waals surface area contributed by atoms with Gasteiger partial charge < -0.3 is 5.11 Å². The molecule has 0 spiro atoms. The van der Waals surface area contributed by atoms with Crippen LogP contribution in [0.15, 0.2) is 6.07 Å². The number of fused-ring (bicyclic) bond motifs is 1. The molecule has 0 radical (unpaired) electrons. The molecular weight excluding hydrogens is 180 g/mol. The van der Waals surface area contributed by atoms with E-state index in [2.05, 4.69) is 5.10 Å². The fraction of sp³-hybridized carbons (Fsp3) is 0.600. The topological polar surface area (TPSA) is 55.1 Å². The van der Waals surface area contributed by atoms with Crippen LogP contribution in [0.5, 0.6) is 0 Å². The molecule has 1 N–H and O–H groups in total. The summed E-state index contributed by atoms with van der Waals surface area (Å²) in [5, 5.41) is 13.1. The van der Waals surface area contributed by atoms with Crippen molar-refractivity contribution in [3.8, 4) is 0 Å². The lowest BCUT2D eigenvalue weighted by molar-refractivity contribution is -0.138. The van der Waals surface area contributed by atoms with Gasteiger partial charge in [0.15, 0.2) is 0 Å². The number of carboxylic acid groups (broad SMARTS) is 1. The monoisotopic (exact) mass is 194 g/mol. The van der Waals surface area contributed by atoms with Crippen molar-refractivity contribution in [3.63, 3.8) is 0 Å². The van der Waals surface area contributed by atoms with Crippen molar-refractivity contribution < 1.29 is 9.90 Å². The molecule has 1 atom stereocenters. The average Bonchev–Trinajstić information content (AvgIpc) is 2.45. The highest BCUT2D eigenvalue weighted by molar-refractivity contribution is 5.67. The SMILES string of the molecule is Cc1cc2n(n1)C(CC(=O)O)CCC2. The summed E-state index contributed by atoms with van der Waals surface area (Å²) >= 11 is 0. The van der Waals surface area contributed by atoms with Crippen molar-refractivity contribution in [1.29, 1.82) is 0 Å². The largest absolute Gasteiger partial charge is 0.481 e. The molecular formula is C10H14N2O2. The van der Waals surface area contributed by atoms with E-state index in [4.69, 9.17) is 5.11 Å². The molecule has 1 aromatic heterocycles. The van der Waals surface area contributed by atoms with Gasteiger partial charge in [-0.2, -0.15) is 5.10 Å². The van der Waals surface area contributed by atoms with E-state index in [0.29, 0.717) is 0 Å². The Labute approximate surface area is 82.5 Å². The predicted molar refractivity (Wildman–Crippen MR) is 51.2 cm³/mol. The smallest absolute Gasteiger partial charge is 0.305 e. The van der Waals surface area contributed by atoms with Gasteiger partial charge in [0.2, 0.25) is 0 Å². The molecule has 2 heterocycles. The maximum Gasteiger partial charge on any atom is 0.305 e. The fourth-order valence-electron chi connectivity index (χ4n) is 2.10. The van der Waals surface area contributed by atoms with E-state index in [-0.39, 0.29) is 12.5 Å². The maximum atomic E-state index is 10.6. The molecule has 0 bridgehead atoms.